The van der Waals surface area contributed by atoms with E-state index in [0.717, 1.165) is 31.2 Å². The first kappa shape index (κ1) is 17.8. The zero-order valence-corrected chi connectivity index (χ0v) is 14.5. The number of ketones is 1. The number of ether oxygens (including phenoxy) is 1. The first-order valence-electron chi connectivity index (χ1n) is 8.65. The zero-order valence-electron chi connectivity index (χ0n) is 14.5. The lowest BCUT2D eigenvalue weighted by molar-refractivity contribution is -0.136. The van der Waals surface area contributed by atoms with Crippen molar-refractivity contribution in [3.8, 4) is 0 Å². The van der Waals surface area contributed by atoms with Crippen LogP contribution in [0.25, 0.3) is 0 Å². The predicted octanol–water partition coefficient (Wildman–Crippen LogP) is 2.08. The minimum absolute atomic E-state index is 0.0249. The van der Waals surface area contributed by atoms with Gasteiger partial charge < -0.3 is 10.1 Å². The van der Waals surface area contributed by atoms with E-state index in [0.29, 0.717) is 11.3 Å². The van der Waals surface area contributed by atoms with Crippen LogP contribution in [0.2, 0.25) is 0 Å². The Labute approximate surface area is 151 Å². The average Bonchev–Trinajstić information content (AvgIpc) is 2.65. The van der Waals surface area contributed by atoms with Gasteiger partial charge in [0.05, 0.1) is 24.0 Å². The Morgan fingerprint density at radius 1 is 1.15 bits per heavy atom. The number of hydrogen-bond acceptors (Lipinski definition) is 5. The highest BCUT2D eigenvalue weighted by Crippen LogP contribution is 2.32. The van der Waals surface area contributed by atoms with Crippen LogP contribution < -0.4 is 10.7 Å². The fourth-order valence-electron chi connectivity index (χ4n) is 3.12. The summed E-state index contributed by atoms with van der Waals surface area (Å²) in [6, 6.07) is 7.05. The molecule has 2 N–H and O–H groups in total. The molecule has 2 amide bonds. The summed E-state index contributed by atoms with van der Waals surface area (Å²) in [7, 11) is 0. The first-order valence-corrected chi connectivity index (χ1v) is 8.65. The molecule has 1 aliphatic heterocycles. The second kappa shape index (κ2) is 7.95. The van der Waals surface area contributed by atoms with Gasteiger partial charge in [0.25, 0.3) is 0 Å². The minimum atomic E-state index is -0.915. The van der Waals surface area contributed by atoms with Gasteiger partial charge >= 0.3 is 11.8 Å². The molecule has 3 rings (SSSR count). The van der Waals surface area contributed by atoms with Crippen LogP contribution in [0.5, 0.6) is 0 Å². The van der Waals surface area contributed by atoms with Crippen molar-refractivity contribution in [3.05, 3.63) is 41.7 Å². The summed E-state index contributed by atoms with van der Waals surface area (Å²) < 4.78 is 5.59. The third-order valence-electron chi connectivity index (χ3n) is 4.58. The topological polar surface area (TPSA) is 96.9 Å². The molecule has 1 aromatic rings. The quantitative estimate of drug-likeness (QED) is 0.493. The number of fused-ring (bicyclic) bond motifs is 1. The minimum Gasteiger partial charge on any atom is -0.496 e. The van der Waals surface area contributed by atoms with E-state index in [1.54, 1.807) is 12.1 Å². The number of allylic oxidation sites excluding steroid dienone is 1. The van der Waals surface area contributed by atoms with Gasteiger partial charge in [-0.25, -0.2) is 5.43 Å². The van der Waals surface area contributed by atoms with Gasteiger partial charge in [0.15, 0.2) is 5.78 Å². The first-order chi connectivity index (χ1) is 12.5. The fraction of sp³-hybridized carbons (Fsp3) is 0.368. The highest BCUT2D eigenvalue weighted by molar-refractivity contribution is 6.39. The number of carbonyl (C=O) groups is 3. The van der Waals surface area contributed by atoms with Crippen molar-refractivity contribution in [2.24, 2.45) is 11.0 Å². The van der Waals surface area contributed by atoms with E-state index < -0.39 is 11.8 Å². The normalized spacial score (nSPS) is 22.2. The molecule has 1 heterocycles. The summed E-state index contributed by atoms with van der Waals surface area (Å²) in [5.74, 6) is -1.92. The van der Waals surface area contributed by atoms with Gasteiger partial charge in [0, 0.05) is 5.69 Å². The van der Waals surface area contributed by atoms with E-state index >= 15 is 0 Å². The van der Waals surface area contributed by atoms with E-state index in [-0.39, 0.29) is 17.8 Å². The van der Waals surface area contributed by atoms with Crippen molar-refractivity contribution in [1.82, 2.24) is 5.43 Å². The van der Waals surface area contributed by atoms with Gasteiger partial charge in [0.1, 0.15) is 6.10 Å². The van der Waals surface area contributed by atoms with Gasteiger partial charge in [-0.15, -0.1) is 0 Å². The maximum Gasteiger partial charge on any atom is 0.329 e. The van der Waals surface area contributed by atoms with E-state index in [2.05, 4.69) is 15.8 Å². The molecule has 26 heavy (non-hydrogen) atoms. The molecule has 7 heteroatoms. The van der Waals surface area contributed by atoms with Crippen molar-refractivity contribution in [2.45, 2.75) is 38.7 Å². The van der Waals surface area contributed by atoms with E-state index in [1.807, 2.05) is 19.1 Å². The smallest absolute Gasteiger partial charge is 0.329 e. The molecule has 2 atom stereocenters. The molecule has 1 saturated carbocycles. The third kappa shape index (κ3) is 4.17. The highest BCUT2D eigenvalue weighted by atomic mass is 16.5. The van der Waals surface area contributed by atoms with Crippen LogP contribution in [-0.2, 0) is 19.1 Å². The van der Waals surface area contributed by atoms with Crippen molar-refractivity contribution in [3.63, 3.8) is 0 Å². The third-order valence-corrected chi connectivity index (χ3v) is 4.58. The molecule has 1 fully saturated rings. The number of nitrogens with one attached hydrogen (secondary N) is 2. The molecule has 136 valence electrons. The number of amides is 2. The number of benzene rings is 1. The number of aryl methyl sites for hydroxylation is 1. The van der Waals surface area contributed by atoms with Gasteiger partial charge in [-0.1, -0.05) is 24.1 Å². The maximum atomic E-state index is 12.4. The van der Waals surface area contributed by atoms with Crippen LogP contribution in [0.1, 0.15) is 31.2 Å². The summed E-state index contributed by atoms with van der Waals surface area (Å²) >= 11 is 0. The molecule has 2 unspecified atom stereocenters. The van der Waals surface area contributed by atoms with E-state index in [4.69, 9.17) is 4.74 Å². The lowest BCUT2D eigenvalue weighted by Gasteiger charge is -2.33. The Morgan fingerprint density at radius 2 is 1.88 bits per heavy atom. The predicted molar refractivity (Wildman–Crippen MR) is 96.4 cm³/mol. The summed E-state index contributed by atoms with van der Waals surface area (Å²) in [4.78, 5) is 36.0. The van der Waals surface area contributed by atoms with Gasteiger partial charge in [-0.2, -0.15) is 5.10 Å². The number of hydrogen-bond donors (Lipinski definition) is 2. The summed E-state index contributed by atoms with van der Waals surface area (Å²) in [5.41, 5.74) is 3.98. The maximum absolute atomic E-state index is 12.4. The van der Waals surface area contributed by atoms with E-state index in [9.17, 15) is 14.4 Å². The van der Waals surface area contributed by atoms with Crippen LogP contribution >= 0.6 is 0 Å². The number of hydrazone groups is 1. The molecule has 7 nitrogen and oxygen atoms in total. The summed E-state index contributed by atoms with van der Waals surface area (Å²) in [6.45, 7) is 1.92. The zero-order chi connectivity index (χ0) is 18.5. The monoisotopic (exact) mass is 355 g/mol. The number of carbonyl (C=O) groups excluding carboxylic acids is 3. The SMILES string of the molecule is Cc1ccc(NC(=O)C(=O)N/N=C/C2=COC3CCCCC3C2=O)cc1. The lowest BCUT2D eigenvalue weighted by Crippen LogP contribution is -2.37. The number of Topliss-reactive ketones (excluding diaryl/α,β-unsaturated/α-hetero) is 1. The summed E-state index contributed by atoms with van der Waals surface area (Å²) in [5, 5.41) is 6.18. The molecule has 0 saturated heterocycles. The fourth-order valence-corrected chi connectivity index (χ4v) is 3.12. The average molecular weight is 355 g/mol. The second-order valence-corrected chi connectivity index (χ2v) is 6.52. The van der Waals surface area contributed by atoms with Crippen molar-refractivity contribution in [1.29, 1.82) is 0 Å². The number of nitrogens with zero attached hydrogens (tertiary/aromatic N) is 1. The molecule has 1 aliphatic carbocycles. The van der Waals surface area contributed by atoms with Crippen LogP contribution in [0.4, 0.5) is 5.69 Å². The Bertz CT molecular complexity index is 767. The van der Waals surface area contributed by atoms with Crippen LogP contribution in [0.3, 0.4) is 0 Å². The van der Waals surface area contributed by atoms with Crippen LogP contribution in [-0.4, -0.2) is 29.9 Å². The standard InChI is InChI=1S/C19H21N3O4/c1-12-6-8-14(9-7-12)21-18(24)19(25)22-20-10-13-11-26-16-5-3-2-4-15(16)17(13)23/h6-11,15-16H,2-5H2,1H3,(H,21,24)(H,22,25)/b20-10+. The Morgan fingerprint density at radius 3 is 2.65 bits per heavy atom. The second-order valence-electron chi connectivity index (χ2n) is 6.52. The van der Waals surface area contributed by atoms with Gasteiger partial charge in [0.2, 0.25) is 0 Å². The summed E-state index contributed by atoms with van der Waals surface area (Å²) in [6.07, 6.45) is 6.33. The lowest BCUT2D eigenvalue weighted by atomic mass is 9.80. The van der Waals surface area contributed by atoms with Gasteiger partial charge in [-0.3, -0.25) is 14.4 Å². The highest BCUT2D eigenvalue weighted by Gasteiger charge is 2.36. The number of anilines is 1. The van der Waals surface area contributed by atoms with Gasteiger partial charge in [-0.05, 0) is 38.3 Å². The largest absolute Gasteiger partial charge is 0.496 e. The molecule has 0 bridgehead atoms. The molecular weight excluding hydrogens is 334 g/mol. The molecule has 1 aromatic carbocycles. The van der Waals surface area contributed by atoms with E-state index in [1.165, 1.54) is 12.5 Å². The molecule has 0 spiro atoms. The van der Waals surface area contributed by atoms with Crippen molar-refractivity contribution < 1.29 is 19.1 Å². The van der Waals surface area contributed by atoms with Crippen molar-refractivity contribution >= 4 is 29.5 Å². The van der Waals surface area contributed by atoms with Crippen LogP contribution in [0.15, 0.2) is 41.2 Å². The number of rotatable bonds is 3. The molecular formula is C19H21N3O4. The molecule has 2 aliphatic rings. The molecule has 0 aromatic heterocycles. The Hall–Kier alpha value is -2.96. The molecule has 0 radical (unpaired) electrons. The van der Waals surface area contributed by atoms with Crippen molar-refractivity contribution in [2.75, 3.05) is 5.32 Å². The Balaban J connectivity index is 1.53. The van der Waals surface area contributed by atoms with Crippen LogP contribution in [0, 0.1) is 12.8 Å². The Kier molecular flexibility index (Phi) is 5.46.